The van der Waals surface area contributed by atoms with Gasteiger partial charge in [0.1, 0.15) is 0 Å². The molecule has 0 bridgehead atoms. The summed E-state index contributed by atoms with van der Waals surface area (Å²) < 4.78 is 0. The number of hydrogen-bond acceptors (Lipinski definition) is 1. The Balaban J connectivity index is 2.29. The summed E-state index contributed by atoms with van der Waals surface area (Å²) in [5, 5.41) is 0. The van der Waals surface area contributed by atoms with Gasteiger partial charge in [0.25, 0.3) is 0 Å². The van der Waals surface area contributed by atoms with Crippen molar-refractivity contribution < 1.29 is 0 Å². The third-order valence-corrected chi connectivity index (χ3v) is 2.69. The zero-order valence-corrected chi connectivity index (χ0v) is 9.96. The van der Waals surface area contributed by atoms with Gasteiger partial charge in [-0.15, -0.1) is 12.6 Å². The first-order chi connectivity index (χ1) is 7.75. The second-order valence-electron chi connectivity index (χ2n) is 3.63. The molecule has 0 unspecified atom stereocenters. The molecule has 0 spiro atoms. The van der Waals surface area contributed by atoms with Gasteiger partial charge in [-0.3, -0.25) is 0 Å². The highest BCUT2D eigenvalue weighted by atomic mass is 32.1. The fourth-order valence-corrected chi connectivity index (χ4v) is 1.57. The fraction of sp³-hybridized carbons (Fsp3) is 0.0667. The molecule has 0 nitrogen and oxygen atoms in total. The minimum absolute atomic E-state index is 0.919. The zero-order valence-electron chi connectivity index (χ0n) is 9.07. The molecule has 0 N–H and O–H groups in total. The summed E-state index contributed by atoms with van der Waals surface area (Å²) >= 11 is 4.36. The molecule has 0 saturated carbocycles. The van der Waals surface area contributed by atoms with Crippen LogP contribution in [0.15, 0.2) is 53.4 Å². The fourth-order valence-electron chi connectivity index (χ4n) is 1.36. The summed E-state index contributed by atoms with van der Waals surface area (Å²) in [6, 6.07) is 16.0. The Labute approximate surface area is 102 Å². The summed E-state index contributed by atoms with van der Waals surface area (Å²) in [5.74, 6) is 6.25. The lowest BCUT2D eigenvalue weighted by molar-refractivity contribution is 1.42. The van der Waals surface area contributed by atoms with Gasteiger partial charge in [0.15, 0.2) is 0 Å². The maximum Gasteiger partial charge on any atom is 0.0382 e. The molecular weight excluding hydrogens is 212 g/mol. The Hall–Kier alpha value is -1.65. The van der Waals surface area contributed by atoms with E-state index in [0.717, 1.165) is 16.0 Å². The average Bonchev–Trinajstić information content (AvgIpc) is 2.30. The normalized spacial score (nSPS) is 9.38. The van der Waals surface area contributed by atoms with Crippen molar-refractivity contribution in [2.75, 3.05) is 0 Å². The Kier molecular flexibility index (Phi) is 3.34. The van der Waals surface area contributed by atoms with Crippen molar-refractivity contribution in [1.29, 1.82) is 0 Å². The predicted octanol–water partition coefficient (Wildman–Crippen LogP) is 3.68. The van der Waals surface area contributed by atoms with Gasteiger partial charge >= 0.3 is 0 Å². The summed E-state index contributed by atoms with van der Waals surface area (Å²) in [7, 11) is 0. The van der Waals surface area contributed by atoms with Gasteiger partial charge in [-0.1, -0.05) is 41.7 Å². The number of benzene rings is 2. The molecule has 1 heteroatoms. The van der Waals surface area contributed by atoms with Gasteiger partial charge in [0, 0.05) is 16.0 Å². The molecule has 0 amide bonds. The van der Waals surface area contributed by atoms with Gasteiger partial charge in [-0.25, -0.2) is 0 Å². The van der Waals surface area contributed by atoms with Crippen LogP contribution in [0.5, 0.6) is 0 Å². The SMILES string of the molecule is Cc1ccc(C#Cc2ccccc2S)cc1. The molecule has 0 atom stereocenters. The molecule has 0 aliphatic carbocycles. The Morgan fingerprint density at radius 2 is 1.56 bits per heavy atom. The molecule has 2 rings (SSSR count). The van der Waals surface area contributed by atoms with Crippen molar-refractivity contribution in [2.45, 2.75) is 11.8 Å². The van der Waals surface area contributed by atoms with Crippen LogP contribution in [0, 0.1) is 18.8 Å². The highest BCUT2D eigenvalue weighted by Crippen LogP contribution is 2.11. The van der Waals surface area contributed by atoms with Crippen molar-refractivity contribution >= 4 is 12.6 Å². The van der Waals surface area contributed by atoms with E-state index >= 15 is 0 Å². The molecule has 0 radical (unpaired) electrons. The molecule has 2 aromatic carbocycles. The lowest BCUT2D eigenvalue weighted by Crippen LogP contribution is -1.78. The first-order valence-electron chi connectivity index (χ1n) is 5.12. The van der Waals surface area contributed by atoms with E-state index in [1.807, 2.05) is 36.4 Å². The Morgan fingerprint density at radius 1 is 0.875 bits per heavy atom. The van der Waals surface area contributed by atoms with Crippen LogP contribution in [0.1, 0.15) is 16.7 Å². The van der Waals surface area contributed by atoms with E-state index in [0.29, 0.717) is 0 Å². The van der Waals surface area contributed by atoms with E-state index in [4.69, 9.17) is 0 Å². The summed E-state index contributed by atoms with van der Waals surface area (Å²) in [6.45, 7) is 2.07. The van der Waals surface area contributed by atoms with Crippen LogP contribution in [0.4, 0.5) is 0 Å². The van der Waals surface area contributed by atoms with Crippen LogP contribution in [-0.2, 0) is 0 Å². The largest absolute Gasteiger partial charge is 0.142 e. The third kappa shape index (κ3) is 2.68. The maximum atomic E-state index is 4.36. The van der Waals surface area contributed by atoms with Gasteiger partial charge in [0.2, 0.25) is 0 Å². The molecule has 0 aromatic heterocycles. The van der Waals surface area contributed by atoms with Crippen LogP contribution in [0.2, 0.25) is 0 Å². The van der Waals surface area contributed by atoms with Crippen molar-refractivity contribution in [3.05, 3.63) is 65.2 Å². The number of thiol groups is 1. The van der Waals surface area contributed by atoms with Crippen LogP contribution >= 0.6 is 12.6 Å². The molecular formula is C15H12S. The van der Waals surface area contributed by atoms with Crippen LogP contribution < -0.4 is 0 Å². The molecule has 78 valence electrons. The topological polar surface area (TPSA) is 0 Å². The quantitative estimate of drug-likeness (QED) is 0.512. The summed E-state index contributed by atoms with van der Waals surface area (Å²) in [4.78, 5) is 0.919. The summed E-state index contributed by atoms with van der Waals surface area (Å²) in [5.41, 5.74) is 3.24. The van der Waals surface area contributed by atoms with Crippen molar-refractivity contribution in [2.24, 2.45) is 0 Å². The molecule has 0 aliphatic heterocycles. The summed E-state index contributed by atoms with van der Waals surface area (Å²) in [6.07, 6.45) is 0. The molecule has 0 fully saturated rings. The lowest BCUT2D eigenvalue weighted by Gasteiger charge is -1.95. The molecule has 16 heavy (non-hydrogen) atoms. The Morgan fingerprint density at radius 3 is 2.25 bits per heavy atom. The molecule has 0 heterocycles. The van der Waals surface area contributed by atoms with Gasteiger partial charge in [-0.2, -0.15) is 0 Å². The minimum Gasteiger partial charge on any atom is -0.142 e. The van der Waals surface area contributed by atoms with Crippen LogP contribution in [0.25, 0.3) is 0 Å². The molecule has 0 saturated heterocycles. The van der Waals surface area contributed by atoms with Gasteiger partial charge in [0.05, 0.1) is 0 Å². The van der Waals surface area contributed by atoms with Crippen molar-refractivity contribution in [3.63, 3.8) is 0 Å². The highest BCUT2D eigenvalue weighted by molar-refractivity contribution is 7.80. The van der Waals surface area contributed by atoms with E-state index in [9.17, 15) is 0 Å². The number of aryl methyl sites for hydroxylation is 1. The first-order valence-corrected chi connectivity index (χ1v) is 5.57. The van der Waals surface area contributed by atoms with Crippen LogP contribution in [0.3, 0.4) is 0 Å². The number of rotatable bonds is 0. The predicted molar refractivity (Wildman–Crippen MR) is 70.9 cm³/mol. The van der Waals surface area contributed by atoms with E-state index in [1.54, 1.807) is 0 Å². The second kappa shape index (κ2) is 4.92. The first kappa shape index (κ1) is 10.9. The highest BCUT2D eigenvalue weighted by Gasteiger charge is 1.91. The van der Waals surface area contributed by atoms with E-state index in [1.165, 1.54) is 5.56 Å². The van der Waals surface area contributed by atoms with Crippen molar-refractivity contribution in [1.82, 2.24) is 0 Å². The second-order valence-corrected chi connectivity index (χ2v) is 4.11. The lowest BCUT2D eigenvalue weighted by atomic mass is 10.1. The smallest absolute Gasteiger partial charge is 0.0382 e. The average molecular weight is 224 g/mol. The molecule has 0 aliphatic rings. The van der Waals surface area contributed by atoms with Gasteiger partial charge < -0.3 is 0 Å². The van der Waals surface area contributed by atoms with Crippen molar-refractivity contribution in [3.8, 4) is 11.8 Å². The van der Waals surface area contributed by atoms with Crippen LogP contribution in [-0.4, -0.2) is 0 Å². The minimum atomic E-state index is 0.919. The van der Waals surface area contributed by atoms with E-state index in [-0.39, 0.29) is 0 Å². The standard InChI is InChI=1S/C15H12S/c1-12-6-8-13(9-7-12)10-11-14-4-2-3-5-15(14)16/h2-9,16H,1H3. The number of hydrogen-bond donors (Lipinski definition) is 1. The molecule has 2 aromatic rings. The van der Waals surface area contributed by atoms with E-state index in [2.05, 4.69) is 43.5 Å². The third-order valence-electron chi connectivity index (χ3n) is 2.30. The van der Waals surface area contributed by atoms with Gasteiger partial charge in [-0.05, 0) is 31.2 Å². The zero-order chi connectivity index (χ0) is 11.4. The monoisotopic (exact) mass is 224 g/mol. The maximum absolute atomic E-state index is 4.36. The van der Waals surface area contributed by atoms with E-state index < -0.39 is 0 Å². The Bertz CT molecular complexity index is 542.